The molecule has 0 aromatic heterocycles. The van der Waals surface area contributed by atoms with Crippen LogP contribution in [-0.4, -0.2) is 23.1 Å². The normalized spacial score (nSPS) is 26.5. The highest BCUT2D eigenvalue weighted by atomic mass is 19.1. The van der Waals surface area contributed by atoms with Crippen LogP contribution in [0.3, 0.4) is 0 Å². The number of ketones is 1. The summed E-state index contributed by atoms with van der Waals surface area (Å²) in [5.74, 6) is -1.32. The van der Waals surface area contributed by atoms with Crippen LogP contribution >= 0.6 is 0 Å². The van der Waals surface area contributed by atoms with Crippen molar-refractivity contribution in [1.29, 1.82) is 5.26 Å². The largest absolute Gasteiger partial charge is 0.337 e. The van der Waals surface area contributed by atoms with Crippen molar-refractivity contribution in [3.05, 3.63) is 83.2 Å². The van der Waals surface area contributed by atoms with E-state index < -0.39 is 11.3 Å². The van der Waals surface area contributed by atoms with Crippen molar-refractivity contribution in [3.63, 3.8) is 0 Å². The van der Waals surface area contributed by atoms with Crippen molar-refractivity contribution >= 4 is 11.7 Å². The second-order valence-corrected chi connectivity index (χ2v) is 7.81. The summed E-state index contributed by atoms with van der Waals surface area (Å²) >= 11 is 0. The monoisotopic (exact) mass is 388 g/mol. The Morgan fingerprint density at radius 1 is 1.17 bits per heavy atom. The highest BCUT2D eigenvalue weighted by molar-refractivity contribution is 6.06. The molecular weight excluding hydrogens is 367 g/mol. The highest BCUT2D eigenvalue weighted by Gasteiger charge is 2.56. The van der Waals surface area contributed by atoms with Gasteiger partial charge < -0.3 is 4.90 Å². The summed E-state index contributed by atoms with van der Waals surface area (Å²) in [5, 5.41) is 9.54. The van der Waals surface area contributed by atoms with E-state index in [0.29, 0.717) is 18.5 Å². The maximum Gasteiger partial charge on any atom is 0.237 e. The quantitative estimate of drug-likeness (QED) is 0.804. The number of nitriles is 1. The lowest BCUT2D eigenvalue weighted by molar-refractivity contribution is -0.145. The maximum absolute atomic E-state index is 13.9. The third-order valence-electron chi connectivity index (χ3n) is 6.22. The SMILES string of the molecule is C[C@@H]1C(=O)C(C#N)=C[C@]2(c3ccccc3)C(=O)N(Cc3cccc(F)c3)CC[C@@H]12. The number of piperidine rings is 1. The molecule has 1 fully saturated rings. The number of allylic oxidation sites excluding steroid dienone is 1. The van der Waals surface area contributed by atoms with Crippen LogP contribution in [0.2, 0.25) is 0 Å². The molecule has 4 rings (SSSR count). The molecule has 0 bridgehead atoms. The smallest absolute Gasteiger partial charge is 0.237 e. The molecule has 4 nitrogen and oxygen atoms in total. The number of likely N-dealkylation sites (tertiary alicyclic amines) is 1. The lowest BCUT2D eigenvalue weighted by atomic mass is 9.57. The Kier molecular flexibility index (Phi) is 4.79. The second-order valence-electron chi connectivity index (χ2n) is 7.81. The molecule has 1 heterocycles. The van der Waals surface area contributed by atoms with Gasteiger partial charge in [0.15, 0.2) is 5.78 Å². The number of benzene rings is 2. The molecule has 1 aliphatic heterocycles. The van der Waals surface area contributed by atoms with Gasteiger partial charge in [0.1, 0.15) is 11.9 Å². The van der Waals surface area contributed by atoms with Gasteiger partial charge in [0.2, 0.25) is 5.91 Å². The van der Waals surface area contributed by atoms with Gasteiger partial charge in [-0.15, -0.1) is 0 Å². The number of carbonyl (C=O) groups is 2. The topological polar surface area (TPSA) is 61.2 Å². The molecule has 2 aromatic carbocycles. The fourth-order valence-corrected chi connectivity index (χ4v) is 4.81. The first-order valence-electron chi connectivity index (χ1n) is 9.74. The molecule has 5 heteroatoms. The Morgan fingerprint density at radius 3 is 2.62 bits per heavy atom. The van der Waals surface area contributed by atoms with Gasteiger partial charge in [-0.05, 0) is 41.7 Å². The van der Waals surface area contributed by atoms with E-state index in [0.717, 1.165) is 5.56 Å². The number of hydrogen-bond acceptors (Lipinski definition) is 3. The molecule has 0 saturated carbocycles. The first-order chi connectivity index (χ1) is 14.0. The molecule has 1 aliphatic carbocycles. The van der Waals surface area contributed by atoms with Gasteiger partial charge in [0, 0.05) is 19.0 Å². The van der Waals surface area contributed by atoms with Gasteiger partial charge in [-0.1, -0.05) is 49.4 Å². The van der Waals surface area contributed by atoms with Crippen LogP contribution in [0.1, 0.15) is 24.5 Å². The van der Waals surface area contributed by atoms with Crippen LogP contribution in [0.5, 0.6) is 0 Å². The summed E-state index contributed by atoms with van der Waals surface area (Å²) in [6.07, 6.45) is 2.22. The molecule has 146 valence electrons. The molecule has 1 amide bonds. The van der Waals surface area contributed by atoms with E-state index in [-0.39, 0.29) is 35.5 Å². The number of fused-ring (bicyclic) bond motifs is 1. The lowest BCUT2D eigenvalue weighted by Gasteiger charge is -2.50. The molecule has 29 heavy (non-hydrogen) atoms. The summed E-state index contributed by atoms with van der Waals surface area (Å²) < 4.78 is 13.6. The minimum Gasteiger partial charge on any atom is -0.337 e. The van der Waals surface area contributed by atoms with Crippen LogP contribution in [0.25, 0.3) is 0 Å². The van der Waals surface area contributed by atoms with Crippen LogP contribution in [0, 0.1) is 29.0 Å². The average Bonchev–Trinajstić information content (AvgIpc) is 2.73. The zero-order chi connectivity index (χ0) is 20.6. The highest BCUT2D eigenvalue weighted by Crippen LogP contribution is 2.49. The summed E-state index contributed by atoms with van der Waals surface area (Å²) in [6, 6.07) is 17.6. The zero-order valence-corrected chi connectivity index (χ0v) is 16.1. The van der Waals surface area contributed by atoms with Crippen LogP contribution in [-0.2, 0) is 21.5 Å². The number of Topliss-reactive ketones (excluding diaryl/α,β-unsaturated/α-hetero) is 1. The van der Waals surface area contributed by atoms with E-state index in [1.165, 1.54) is 12.1 Å². The second kappa shape index (κ2) is 7.29. The summed E-state index contributed by atoms with van der Waals surface area (Å²) in [6.45, 7) is 2.59. The van der Waals surface area contributed by atoms with Gasteiger partial charge in [0.05, 0.1) is 11.0 Å². The Labute approximate surface area is 169 Å². The number of rotatable bonds is 3. The van der Waals surface area contributed by atoms with E-state index in [1.54, 1.807) is 23.1 Å². The molecule has 1 saturated heterocycles. The number of nitrogens with zero attached hydrogens (tertiary/aromatic N) is 2. The molecule has 0 radical (unpaired) electrons. The first-order valence-corrected chi connectivity index (χ1v) is 9.74. The molecular formula is C24H21FN2O2. The lowest BCUT2D eigenvalue weighted by Crippen LogP contribution is -2.59. The number of amides is 1. The average molecular weight is 388 g/mol. The molecule has 0 unspecified atom stereocenters. The van der Waals surface area contributed by atoms with E-state index >= 15 is 0 Å². The van der Waals surface area contributed by atoms with Crippen molar-refractivity contribution < 1.29 is 14.0 Å². The molecule has 2 aliphatic rings. The van der Waals surface area contributed by atoms with Crippen molar-refractivity contribution in [2.24, 2.45) is 11.8 Å². The minimum absolute atomic E-state index is 0.0403. The molecule has 0 N–H and O–H groups in total. The van der Waals surface area contributed by atoms with E-state index in [4.69, 9.17) is 0 Å². The molecule has 3 atom stereocenters. The van der Waals surface area contributed by atoms with Gasteiger partial charge >= 0.3 is 0 Å². The fraction of sp³-hybridized carbons (Fsp3) is 0.292. The van der Waals surface area contributed by atoms with E-state index in [1.807, 2.05) is 43.3 Å². The third-order valence-corrected chi connectivity index (χ3v) is 6.22. The summed E-state index contributed by atoms with van der Waals surface area (Å²) in [4.78, 5) is 28.2. The van der Waals surface area contributed by atoms with Crippen LogP contribution in [0.4, 0.5) is 4.39 Å². The first kappa shape index (κ1) is 19.1. The number of carbonyl (C=O) groups excluding carboxylic acids is 2. The summed E-state index contributed by atoms with van der Waals surface area (Å²) in [5.41, 5.74) is 0.472. The Morgan fingerprint density at radius 2 is 1.93 bits per heavy atom. The van der Waals surface area contributed by atoms with Gasteiger partial charge in [0.25, 0.3) is 0 Å². The van der Waals surface area contributed by atoms with E-state index in [9.17, 15) is 19.2 Å². The van der Waals surface area contributed by atoms with Crippen molar-refractivity contribution in [3.8, 4) is 6.07 Å². The van der Waals surface area contributed by atoms with Crippen LogP contribution in [0.15, 0.2) is 66.2 Å². The van der Waals surface area contributed by atoms with Gasteiger partial charge in [-0.2, -0.15) is 5.26 Å². The Hall–Kier alpha value is -3.26. The maximum atomic E-state index is 13.9. The van der Waals surface area contributed by atoms with Crippen LogP contribution < -0.4 is 0 Å². The minimum atomic E-state index is -1.06. The summed E-state index contributed by atoms with van der Waals surface area (Å²) in [7, 11) is 0. The van der Waals surface area contributed by atoms with Gasteiger partial charge in [-0.25, -0.2) is 4.39 Å². The van der Waals surface area contributed by atoms with E-state index in [2.05, 4.69) is 0 Å². The van der Waals surface area contributed by atoms with Crippen molar-refractivity contribution in [2.75, 3.05) is 6.54 Å². The number of halogens is 1. The van der Waals surface area contributed by atoms with Crippen molar-refractivity contribution in [2.45, 2.75) is 25.3 Å². The van der Waals surface area contributed by atoms with Gasteiger partial charge in [-0.3, -0.25) is 9.59 Å². The Balaban J connectivity index is 1.83. The molecule has 0 spiro atoms. The van der Waals surface area contributed by atoms with Crippen molar-refractivity contribution in [1.82, 2.24) is 4.90 Å². The predicted octanol–water partition coefficient (Wildman–Crippen LogP) is 3.78. The Bertz CT molecular complexity index is 1040. The zero-order valence-electron chi connectivity index (χ0n) is 16.1. The fourth-order valence-electron chi connectivity index (χ4n) is 4.81. The molecule has 2 aromatic rings. The predicted molar refractivity (Wildman–Crippen MR) is 106 cm³/mol. The number of hydrogen-bond donors (Lipinski definition) is 0. The standard InChI is InChI=1S/C24H21FN2O2/c1-16-21-10-11-27(15-17-6-5-9-20(25)12-17)23(29)24(21,13-18(14-26)22(16)28)19-7-3-2-4-8-19/h2-9,12-13,16,21H,10-11,15H2,1H3/t16-,21-,24+/m0/s1. The third kappa shape index (κ3) is 3.05.